The zero-order valence-electron chi connectivity index (χ0n) is 22.0. The molecular formula is C28H20BrClN6O5S. The maximum absolute atomic E-state index is 12.2. The van der Waals surface area contributed by atoms with Crippen molar-refractivity contribution in [3.05, 3.63) is 96.0 Å². The summed E-state index contributed by atoms with van der Waals surface area (Å²) in [5, 5.41) is 16.7. The third kappa shape index (κ3) is 4.74. The third-order valence-corrected chi connectivity index (χ3v) is 8.21. The number of aromatic nitrogens is 6. The van der Waals surface area contributed by atoms with Gasteiger partial charge in [-0.3, -0.25) is 0 Å². The monoisotopic (exact) mass is 666 g/mol. The van der Waals surface area contributed by atoms with E-state index in [0.29, 0.717) is 38.5 Å². The molecule has 0 aliphatic rings. The number of carbonyl (C=O) groups excluding carboxylic acids is 1. The normalized spacial score (nSPS) is 11.2. The fraction of sp³-hybridized carbons (Fsp3) is 0.107. The second-order valence-corrected chi connectivity index (χ2v) is 11.2. The van der Waals surface area contributed by atoms with Crippen molar-refractivity contribution in [2.45, 2.75) is 6.92 Å². The predicted octanol–water partition coefficient (Wildman–Crippen LogP) is 5.68. The molecule has 0 aliphatic carbocycles. The Morgan fingerprint density at radius 3 is 2.36 bits per heavy atom. The van der Waals surface area contributed by atoms with Crippen LogP contribution in [0.3, 0.4) is 0 Å². The number of ether oxygens (including phenoxy) is 2. The van der Waals surface area contributed by atoms with E-state index in [1.165, 1.54) is 17.6 Å². The van der Waals surface area contributed by atoms with Crippen LogP contribution in [0.5, 0.6) is 5.75 Å². The summed E-state index contributed by atoms with van der Waals surface area (Å²) in [5.74, 6) is -0.106. The van der Waals surface area contributed by atoms with E-state index in [2.05, 4.69) is 42.4 Å². The maximum atomic E-state index is 12.2. The molecule has 0 fully saturated rings. The molecule has 11 nitrogen and oxygen atoms in total. The number of halogens is 2. The van der Waals surface area contributed by atoms with Gasteiger partial charge in [-0.2, -0.15) is 10.2 Å². The quantitative estimate of drug-likeness (QED) is 0.231. The van der Waals surface area contributed by atoms with Crippen LogP contribution in [-0.2, 0) is 4.74 Å². The summed E-state index contributed by atoms with van der Waals surface area (Å²) in [6, 6.07) is 16.6. The van der Waals surface area contributed by atoms with E-state index in [9.17, 15) is 14.4 Å². The van der Waals surface area contributed by atoms with Crippen LogP contribution in [0.4, 0.5) is 0 Å². The molecule has 0 spiro atoms. The highest BCUT2D eigenvalue weighted by Gasteiger charge is 2.19. The number of rotatable bonds is 4. The van der Waals surface area contributed by atoms with Crippen LogP contribution in [0.15, 0.2) is 74.0 Å². The van der Waals surface area contributed by atoms with Crippen molar-refractivity contribution in [3.63, 3.8) is 0 Å². The van der Waals surface area contributed by atoms with Crippen LogP contribution in [-0.4, -0.2) is 48.9 Å². The number of hydrogen-bond acceptors (Lipinski definition) is 8. The minimum atomic E-state index is -0.505. The molecule has 7 rings (SSSR count). The smallest absolute Gasteiger partial charge is 0.348 e. The number of fused-ring (bicyclic) bond motifs is 6. The number of pyridine rings is 2. The standard InChI is InChI=1S/C14H8BrN3OS.C14H12ClN3O4/c15-8-3-4-11-9(6-8)10(12-2-1-5-20-12)7-13-16-17-14(19)18(11)13;1-3-22-13(19)8-5-12-16-17-14(20)18(12)10-6-9(15)11(21-2)4-7(8)10/h1-7H,(H,17,19);4-6H,3H2,1-2H3,(H,17,20). The van der Waals surface area contributed by atoms with Crippen molar-refractivity contribution in [3.8, 4) is 16.2 Å². The average molecular weight is 668 g/mol. The molecule has 7 aromatic rings. The van der Waals surface area contributed by atoms with Crippen LogP contribution in [0.1, 0.15) is 17.3 Å². The molecule has 0 saturated heterocycles. The summed E-state index contributed by atoms with van der Waals surface area (Å²) in [6.45, 7) is 1.96. The van der Waals surface area contributed by atoms with E-state index in [1.807, 2.05) is 35.7 Å². The molecule has 0 saturated carbocycles. The minimum Gasteiger partial charge on any atom is -0.495 e. The Morgan fingerprint density at radius 2 is 1.69 bits per heavy atom. The van der Waals surface area contributed by atoms with Crippen molar-refractivity contribution in [1.82, 2.24) is 29.2 Å². The van der Waals surface area contributed by atoms with Gasteiger partial charge in [0.15, 0.2) is 11.3 Å². The van der Waals surface area contributed by atoms with Crippen LogP contribution in [0.2, 0.25) is 5.02 Å². The number of methoxy groups -OCH3 is 1. The summed E-state index contributed by atoms with van der Waals surface area (Å²) < 4.78 is 14.2. The number of thiophene rings is 1. The molecule has 0 radical (unpaired) electrons. The Labute approximate surface area is 253 Å². The molecule has 5 heterocycles. The van der Waals surface area contributed by atoms with Gasteiger partial charge in [0.05, 0.1) is 35.3 Å². The third-order valence-electron chi connectivity index (χ3n) is 6.52. The number of nitrogens with one attached hydrogen (secondary N) is 2. The molecular weight excluding hydrogens is 648 g/mol. The highest BCUT2D eigenvalue weighted by atomic mass is 79.9. The number of hydrogen-bond donors (Lipinski definition) is 2. The lowest BCUT2D eigenvalue weighted by atomic mass is 10.1. The van der Waals surface area contributed by atoms with Gasteiger partial charge in [-0.1, -0.05) is 33.6 Å². The van der Waals surface area contributed by atoms with Gasteiger partial charge in [0.2, 0.25) is 0 Å². The Morgan fingerprint density at radius 1 is 0.976 bits per heavy atom. The number of esters is 1. The van der Waals surface area contributed by atoms with Crippen molar-refractivity contribution in [1.29, 1.82) is 0 Å². The lowest BCUT2D eigenvalue weighted by Gasteiger charge is -2.10. The van der Waals surface area contributed by atoms with Gasteiger partial charge in [-0.05, 0) is 60.8 Å². The first kappa shape index (κ1) is 27.7. The number of nitrogens with zero attached hydrogens (tertiary/aromatic N) is 4. The van der Waals surface area contributed by atoms with Crippen molar-refractivity contribution < 1.29 is 14.3 Å². The molecule has 0 amide bonds. The molecule has 212 valence electrons. The van der Waals surface area contributed by atoms with E-state index in [-0.39, 0.29) is 12.3 Å². The number of benzene rings is 2. The lowest BCUT2D eigenvalue weighted by molar-refractivity contribution is 0.0528. The Balaban J connectivity index is 0.000000151. The Bertz CT molecular complexity index is 2250. The van der Waals surface area contributed by atoms with Crippen LogP contribution >= 0.6 is 38.9 Å². The number of H-pyrrole nitrogens is 2. The molecule has 2 N–H and O–H groups in total. The van der Waals surface area contributed by atoms with Crippen molar-refractivity contribution in [2.24, 2.45) is 0 Å². The summed E-state index contributed by atoms with van der Waals surface area (Å²) in [6.07, 6.45) is 0. The Kier molecular flexibility index (Phi) is 7.31. The van der Waals surface area contributed by atoms with Gasteiger partial charge in [-0.15, -0.1) is 11.3 Å². The fourth-order valence-electron chi connectivity index (χ4n) is 4.72. The fourth-order valence-corrected chi connectivity index (χ4v) is 6.08. The molecule has 14 heteroatoms. The maximum Gasteiger partial charge on any atom is 0.348 e. The van der Waals surface area contributed by atoms with Crippen LogP contribution in [0, 0.1) is 0 Å². The van der Waals surface area contributed by atoms with Crippen LogP contribution < -0.4 is 16.1 Å². The zero-order valence-corrected chi connectivity index (χ0v) is 25.1. The molecule has 42 heavy (non-hydrogen) atoms. The van der Waals surface area contributed by atoms with E-state index in [4.69, 9.17) is 21.1 Å². The van der Waals surface area contributed by atoms with Crippen molar-refractivity contribution >= 4 is 77.9 Å². The summed E-state index contributed by atoms with van der Waals surface area (Å²) in [5.41, 5.74) is 2.98. The van der Waals surface area contributed by atoms with Gasteiger partial charge in [0, 0.05) is 25.7 Å². The topological polar surface area (TPSA) is 136 Å². The zero-order chi connectivity index (χ0) is 29.5. The van der Waals surface area contributed by atoms with E-state index in [1.54, 1.807) is 34.8 Å². The summed E-state index contributed by atoms with van der Waals surface area (Å²) >= 11 is 11.3. The van der Waals surface area contributed by atoms with E-state index >= 15 is 0 Å². The second kappa shape index (κ2) is 11.1. The predicted molar refractivity (Wildman–Crippen MR) is 165 cm³/mol. The largest absolute Gasteiger partial charge is 0.495 e. The first-order chi connectivity index (χ1) is 20.3. The molecule has 0 aliphatic heterocycles. The first-order valence-corrected chi connectivity index (χ1v) is 14.5. The highest BCUT2D eigenvalue weighted by molar-refractivity contribution is 9.10. The van der Waals surface area contributed by atoms with Gasteiger partial charge < -0.3 is 9.47 Å². The average Bonchev–Trinajstić information content (AvgIpc) is 3.73. The summed E-state index contributed by atoms with van der Waals surface area (Å²) in [7, 11) is 1.47. The van der Waals surface area contributed by atoms with E-state index < -0.39 is 11.7 Å². The second-order valence-electron chi connectivity index (χ2n) is 8.92. The summed E-state index contributed by atoms with van der Waals surface area (Å²) in [4.78, 5) is 37.2. The SMILES string of the molecule is CCOC(=O)c1cc2n[nH]c(=O)n2c2cc(Cl)c(OC)cc12.O=c1[nH]nc2cc(-c3cccs3)c3cc(Br)ccc3n12. The highest BCUT2D eigenvalue weighted by Crippen LogP contribution is 2.34. The van der Waals surface area contributed by atoms with Gasteiger partial charge in [0.1, 0.15) is 5.75 Å². The van der Waals surface area contributed by atoms with Crippen molar-refractivity contribution in [2.75, 3.05) is 13.7 Å². The minimum absolute atomic E-state index is 0.218. The molecule has 2 aromatic carbocycles. The van der Waals surface area contributed by atoms with Gasteiger partial charge >= 0.3 is 17.3 Å². The molecule has 5 aromatic heterocycles. The van der Waals surface area contributed by atoms with Crippen LogP contribution in [0.25, 0.3) is 43.5 Å². The van der Waals surface area contributed by atoms with Gasteiger partial charge in [0.25, 0.3) is 0 Å². The van der Waals surface area contributed by atoms with E-state index in [0.717, 1.165) is 25.8 Å². The lowest BCUT2D eigenvalue weighted by Crippen LogP contribution is -2.13. The molecule has 0 unspecified atom stereocenters. The molecule has 0 atom stereocenters. The molecule has 0 bridgehead atoms. The number of aromatic amines is 2. The Hall–Kier alpha value is -4.46. The first-order valence-electron chi connectivity index (χ1n) is 12.5. The van der Waals surface area contributed by atoms with Gasteiger partial charge in [-0.25, -0.2) is 33.4 Å². The number of carbonyl (C=O) groups is 1.